The molecule has 104 valence electrons. The van der Waals surface area contributed by atoms with E-state index in [1.807, 2.05) is 0 Å². The van der Waals surface area contributed by atoms with Crippen LogP contribution in [0.5, 0.6) is 0 Å². The standard InChI is InChI=1S/C12H19N5O2/c1-14-12-15-5-8(10(13)19)11(17-12)16-9-4-2-3-7(9)6-18/h5,7,9,18H,2-4,6H2,1H3,(H2,13,19)(H2,14,15,16,17). The number of carbonyl (C=O) groups excluding carboxylic acids is 1. The zero-order valence-electron chi connectivity index (χ0n) is 10.9. The van der Waals surface area contributed by atoms with Crippen molar-refractivity contribution in [2.24, 2.45) is 11.7 Å². The molecule has 1 aromatic heterocycles. The van der Waals surface area contributed by atoms with Crippen LogP contribution in [0, 0.1) is 5.92 Å². The third-order valence-corrected chi connectivity index (χ3v) is 3.49. The molecule has 1 aromatic rings. The topological polar surface area (TPSA) is 113 Å². The maximum Gasteiger partial charge on any atom is 0.254 e. The van der Waals surface area contributed by atoms with Crippen LogP contribution in [-0.2, 0) is 0 Å². The van der Waals surface area contributed by atoms with E-state index in [1.165, 1.54) is 6.20 Å². The van der Waals surface area contributed by atoms with E-state index in [1.54, 1.807) is 7.05 Å². The van der Waals surface area contributed by atoms with Gasteiger partial charge in [-0.2, -0.15) is 4.98 Å². The summed E-state index contributed by atoms with van der Waals surface area (Å²) in [6.45, 7) is 0.132. The molecular weight excluding hydrogens is 246 g/mol. The van der Waals surface area contributed by atoms with Gasteiger partial charge < -0.3 is 21.5 Å². The van der Waals surface area contributed by atoms with Crippen LogP contribution in [0.1, 0.15) is 29.6 Å². The van der Waals surface area contributed by atoms with Crippen LogP contribution in [-0.4, -0.2) is 40.7 Å². The number of nitrogens with zero attached hydrogens (tertiary/aromatic N) is 2. The molecule has 0 aliphatic heterocycles. The van der Waals surface area contributed by atoms with Gasteiger partial charge in [-0.15, -0.1) is 0 Å². The van der Waals surface area contributed by atoms with Crippen molar-refractivity contribution in [1.29, 1.82) is 0 Å². The van der Waals surface area contributed by atoms with E-state index in [-0.39, 0.29) is 24.1 Å². The predicted octanol–water partition coefficient (Wildman–Crippen LogP) is 0.190. The third kappa shape index (κ3) is 2.93. The number of carbonyl (C=O) groups is 1. The molecule has 0 bridgehead atoms. The molecule has 0 spiro atoms. The summed E-state index contributed by atoms with van der Waals surface area (Å²) in [5.41, 5.74) is 5.59. The lowest BCUT2D eigenvalue weighted by Gasteiger charge is -2.20. The van der Waals surface area contributed by atoms with E-state index in [0.717, 1.165) is 19.3 Å². The number of aliphatic hydroxyl groups is 1. The van der Waals surface area contributed by atoms with Crippen molar-refractivity contribution >= 4 is 17.7 Å². The van der Waals surface area contributed by atoms with Crippen LogP contribution in [0.2, 0.25) is 0 Å². The average molecular weight is 265 g/mol. The van der Waals surface area contributed by atoms with Crippen molar-refractivity contribution < 1.29 is 9.90 Å². The Morgan fingerprint density at radius 2 is 2.37 bits per heavy atom. The molecule has 5 N–H and O–H groups in total. The number of aliphatic hydroxyl groups excluding tert-OH is 1. The van der Waals surface area contributed by atoms with E-state index in [4.69, 9.17) is 5.73 Å². The van der Waals surface area contributed by atoms with Crippen molar-refractivity contribution in [2.75, 3.05) is 24.3 Å². The highest BCUT2D eigenvalue weighted by Gasteiger charge is 2.28. The first-order valence-corrected chi connectivity index (χ1v) is 6.37. The molecule has 1 saturated carbocycles. The maximum absolute atomic E-state index is 11.4. The summed E-state index contributed by atoms with van der Waals surface area (Å²) in [7, 11) is 1.70. The minimum absolute atomic E-state index is 0.114. The van der Waals surface area contributed by atoms with Gasteiger partial charge in [0.05, 0.1) is 5.56 Å². The third-order valence-electron chi connectivity index (χ3n) is 3.49. The highest BCUT2D eigenvalue weighted by Crippen LogP contribution is 2.28. The SMILES string of the molecule is CNc1ncc(C(N)=O)c(NC2CCCC2CO)n1. The monoisotopic (exact) mass is 265 g/mol. The largest absolute Gasteiger partial charge is 0.396 e. The fraction of sp³-hybridized carbons (Fsp3) is 0.583. The van der Waals surface area contributed by atoms with Gasteiger partial charge in [0, 0.05) is 31.8 Å². The minimum atomic E-state index is -0.566. The Hall–Kier alpha value is -1.89. The molecule has 2 atom stereocenters. The Kier molecular flexibility index (Phi) is 4.16. The fourth-order valence-electron chi connectivity index (χ4n) is 2.41. The molecule has 1 fully saturated rings. The average Bonchev–Trinajstić information content (AvgIpc) is 2.85. The first kappa shape index (κ1) is 13.5. The molecule has 1 aliphatic carbocycles. The first-order valence-electron chi connectivity index (χ1n) is 6.37. The van der Waals surface area contributed by atoms with E-state index < -0.39 is 5.91 Å². The number of hydrogen-bond acceptors (Lipinski definition) is 6. The number of anilines is 2. The molecule has 0 radical (unpaired) electrons. The molecular formula is C12H19N5O2. The van der Waals surface area contributed by atoms with Crippen LogP contribution in [0.25, 0.3) is 0 Å². The fourth-order valence-corrected chi connectivity index (χ4v) is 2.41. The number of nitrogens with one attached hydrogen (secondary N) is 2. The Morgan fingerprint density at radius 1 is 1.58 bits per heavy atom. The lowest BCUT2D eigenvalue weighted by molar-refractivity contribution is 0.100. The number of amides is 1. The molecule has 1 aliphatic rings. The summed E-state index contributed by atoms with van der Waals surface area (Å²) in [6.07, 6.45) is 4.39. The van der Waals surface area contributed by atoms with Gasteiger partial charge in [0.25, 0.3) is 5.91 Å². The zero-order valence-corrected chi connectivity index (χ0v) is 10.9. The highest BCUT2D eigenvalue weighted by atomic mass is 16.3. The minimum Gasteiger partial charge on any atom is -0.396 e. The van der Waals surface area contributed by atoms with Crippen LogP contribution in [0.15, 0.2) is 6.20 Å². The van der Waals surface area contributed by atoms with E-state index in [9.17, 15) is 9.90 Å². The second kappa shape index (κ2) is 5.83. The van der Waals surface area contributed by atoms with E-state index in [2.05, 4.69) is 20.6 Å². The first-order chi connectivity index (χ1) is 9.15. The number of nitrogens with two attached hydrogens (primary N) is 1. The Morgan fingerprint density at radius 3 is 3.00 bits per heavy atom. The van der Waals surface area contributed by atoms with Crippen molar-refractivity contribution in [3.8, 4) is 0 Å². The molecule has 7 heteroatoms. The molecule has 0 saturated heterocycles. The summed E-state index contributed by atoms with van der Waals surface area (Å²) in [5.74, 6) is 0.473. The zero-order chi connectivity index (χ0) is 13.8. The molecule has 7 nitrogen and oxygen atoms in total. The lowest BCUT2D eigenvalue weighted by atomic mass is 10.0. The van der Waals surface area contributed by atoms with Gasteiger partial charge in [-0.05, 0) is 12.8 Å². The Labute approximate surface area is 111 Å². The quantitative estimate of drug-likeness (QED) is 0.604. The van der Waals surface area contributed by atoms with Gasteiger partial charge in [0.1, 0.15) is 5.82 Å². The van der Waals surface area contributed by atoms with Crippen LogP contribution in [0.3, 0.4) is 0 Å². The summed E-state index contributed by atoms with van der Waals surface area (Å²) in [6, 6.07) is 0.114. The highest BCUT2D eigenvalue weighted by molar-refractivity contribution is 5.97. The molecule has 1 amide bonds. The summed E-state index contributed by atoms with van der Waals surface area (Å²) in [5, 5.41) is 15.4. The van der Waals surface area contributed by atoms with Gasteiger partial charge >= 0.3 is 0 Å². The predicted molar refractivity (Wildman–Crippen MR) is 71.9 cm³/mol. The van der Waals surface area contributed by atoms with Crippen molar-refractivity contribution in [3.63, 3.8) is 0 Å². The lowest BCUT2D eigenvalue weighted by Crippen LogP contribution is -2.28. The Bertz CT molecular complexity index is 465. The summed E-state index contributed by atoms with van der Waals surface area (Å²) < 4.78 is 0. The van der Waals surface area contributed by atoms with Gasteiger partial charge in [0.15, 0.2) is 0 Å². The van der Waals surface area contributed by atoms with Crippen LogP contribution >= 0.6 is 0 Å². The summed E-state index contributed by atoms with van der Waals surface area (Å²) >= 11 is 0. The molecule has 0 aromatic carbocycles. The second-order valence-corrected chi connectivity index (χ2v) is 4.69. The maximum atomic E-state index is 11.4. The van der Waals surface area contributed by atoms with Crippen LogP contribution < -0.4 is 16.4 Å². The second-order valence-electron chi connectivity index (χ2n) is 4.69. The molecule has 1 heterocycles. The molecule has 2 unspecified atom stereocenters. The molecule has 2 rings (SSSR count). The van der Waals surface area contributed by atoms with Crippen molar-refractivity contribution in [2.45, 2.75) is 25.3 Å². The van der Waals surface area contributed by atoms with E-state index >= 15 is 0 Å². The number of aromatic nitrogens is 2. The molecule has 19 heavy (non-hydrogen) atoms. The van der Waals surface area contributed by atoms with Gasteiger partial charge in [-0.25, -0.2) is 4.98 Å². The van der Waals surface area contributed by atoms with Gasteiger partial charge in [-0.1, -0.05) is 6.42 Å². The normalized spacial score (nSPS) is 22.2. The number of primary amides is 1. The number of rotatable bonds is 5. The van der Waals surface area contributed by atoms with Gasteiger partial charge in [0.2, 0.25) is 5.95 Å². The van der Waals surface area contributed by atoms with Gasteiger partial charge in [-0.3, -0.25) is 4.79 Å². The van der Waals surface area contributed by atoms with Crippen molar-refractivity contribution in [3.05, 3.63) is 11.8 Å². The smallest absolute Gasteiger partial charge is 0.254 e. The van der Waals surface area contributed by atoms with Crippen LogP contribution in [0.4, 0.5) is 11.8 Å². The Balaban J connectivity index is 2.24. The van der Waals surface area contributed by atoms with Crippen molar-refractivity contribution in [1.82, 2.24) is 9.97 Å². The van der Waals surface area contributed by atoms with E-state index in [0.29, 0.717) is 11.8 Å². The summed E-state index contributed by atoms with van der Waals surface area (Å²) in [4.78, 5) is 19.6. The number of hydrogen-bond donors (Lipinski definition) is 4.